The van der Waals surface area contributed by atoms with Gasteiger partial charge in [-0.25, -0.2) is 4.98 Å². The van der Waals surface area contributed by atoms with Crippen molar-refractivity contribution in [2.75, 3.05) is 11.4 Å². The van der Waals surface area contributed by atoms with Gasteiger partial charge in [-0.05, 0) is 31.4 Å². The molecule has 2 aromatic rings. The van der Waals surface area contributed by atoms with E-state index >= 15 is 0 Å². The molecule has 0 spiro atoms. The zero-order chi connectivity index (χ0) is 14.7. The molecule has 3 rings (SSSR count). The van der Waals surface area contributed by atoms with Crippen LogP contribution in [-0.4, -0.2) is 17.3 Å². The maximum Gasteiger partial charge on any atom is 0.165 e. The van der Waals surface area contributed by atoms with Crippen LogP contribution in [0.4, 0.5) is 5.69 Å². The Labute approximate surface area is 129 Å². The van der Waals surface area contributed by atoms with Crippen LogP contribution in [0.2, 0.25) is 0 Å². The van der Waals surface area contributed by atoms with E-state index in [1.807, 2.05) is 18.2 Å². The highest BCUT2D eigenvalue weighted by Gasteiger charge is 2.20. The lowest BCUT2D eigenvalue weighted by atomic mass is 10.1. The monoisotopic (exact) mass is 300 g/mol. The van der Waals surface area contributed by atoms with Gasteiger partial charge in [0.1, 0.15) is 0 Å². The van der Waals surface area contributed by atoms with Crippen molar-refractivity contribution in [2.24, 2.45) is 0 Å². The average Bonchev–Trinajstić information content (AvgIpc) is 2.87. The van der Waals surface area contributed by atoms with Gasteiger partial charge in [-0.3, -0.25) is 4.79 Å². The molecule has 1 aromatic heterocycles. The summed E-state index contributed by atoms with van der Waals surface area (Å²) >= 11 is 1.75. The van der Waals surface area contributed by atoms with E-state index in [9.17, 15) is 4.79 Å². The number of fused-ring (bicyclic) bond motifs is 1. The van der Waals surface area contributed by atoms with E-state index in [2.05, 4.69) is 23.3 Å². The molecule has 0 unspecified atom stereocenters. The van der Waals surface area contributed by atoms with Gasteiger partial charge in [0, 0.05) is 29.6 Å². The molecular formula is C17H20N2OS. The number of hydrogen-bond donors (Lipinski definition) is 0. The Bertz CT molecular complexity index is 635. The summed E-state index contributed by atoms with van der Waals surface area (Å²) in [6, 6.07) is 7.95. The van der Waals surface area contributed by atoms with Gasteiger partial charge in [0.25, 0.3) is 0 Å². The highest BCUT2D eigenvalue weighted by Crippen LogP contribution is 2.27. The first-order chi connectivity index (χ1) is 10.3. The smallest absolute Gasteiger partial charge is 0.165 e. The molecular weight excluding hydrogens is 280 g/mol. The lowest BCUT2D eigenvalue weighted by molar-refractivity contribution is 0.0984. The number of aryl methyl sites for hydroxylation is 1. The fourth-order valence-corrected chi connectivity index (χ4v) is 3.67. The number of thiazole rings is 1. The van der Waals surface area contributed by atoms with Crippen LogP contribution in [0.15, 0.2) is 29.6 Å². The van der Waals surface area contributed by atoms with Crippen LogP contribution in [-0.2, 0) is 13.0 Å². The molecule has 0 fully saturated rings. The van der Waals surface area contributed by atoms with E-state index in [-0.39, 0.29) is 5.78 Å². The van der Waals surface area contributed by atoms with Crippen LogP contribution in [0.1, 0.15) is 47.2 Å². The maximum atomic E-state index is 12.2. The highest BCUT2D eigenvalue weighted by molar-refractivity contribution is 7.09. The van der Waals surface area contributed by atoms with Gasteiger partial charge in [-0.2, -0.15) is 0 Å². The molecule has 1 aliphatic rings. The third-order valence-corrected chi connectivity index (χ3v) is 4.75. The van der Waals surface area contributed by atoms with Crippen molar-refractivity contribution in [3.05, 3.63) is 45.9 Å². The fourth-order valence-electron chi connectivity index (χ4n) is 2.78. The van der Waals surface area contributed by atoms with E-state index in [4.69, 9.17) is 4.98 Å². The molecule has 0 saturated carbocycles. The van der Waals surface area contributed by atoms with Gasteiger partial charge in [0.15, 0.2) is 5.78 Å². The summed E-state index contributed by atoms with van der Waals surface area (Å²) in [4.78, 5) is 19.2. The third kappa shape index (κ3) is 3.16. The van der Waals surface area contributed by atoms with E-state index < -0.39 is 0 Å². The van der Waals surface area contributed by atoms with Crippen LogP contribution in [0.25, 0.3) is 0 Å². The number of aromatic nitrogens is 1. The summed E-state index contributed by atoms with van der Waals surface area (Å²) in [5.74, 6) is 0.262. The van der Waals surface area contributed by atoms with E-state index in [0.29, 0.717) is 6.42 Å². The van der Waals surface area contributed by atoms with E-state index in [0.717, 1.165) is 49.3 Å². The number of carbonyl (C=O) groups excluding carboxylic acids is 1. The van der Waals surface area contributed by atoms with Crippen LogP contribution >= 0.6 is 11.3 Å². The zero-order valence-electron chi connectivity index (χ0n) is 12.3. The predicted molar refractivity (Wildman–Crippen MR) is 87.2 cm³/mol. The fraction of sp³-hybridized carbons (Fsp3) is 0.412. The molecule has 1 aromatic carbocycles. The minimum Gasteiger partial charge on any atom is -0.365 e. The van der Waals surface area contributed by atoms with Crippen molar-refractivity contribution >= 4 is 22.8 Å². The molecule has 0 atom stereocenters. The van der Waals surface area contributed by atoms with Gasteiger partial charge in [-0.1, -0.05) is 19.1 Å². The summed E-state index contributed by atoms with van der Waals surface area (Å²) in [5.41, 5.74) is 3.04. The minimum absolute atomic E-state index is 0.262. The Hall–Kier alpha value is -1.68. The number of Topliss-reactive ketones (excluding diaryl/α,β-unsaturated/α-hetero) is 1. The first-order valence-electron chi connectivity index (χ1n) is 7.58. The molecule has 4 heteroatoms. The lowest BCUT2D eigenvalue weighted by Crippen LogP contribution is -2.23. The van der Waals surface area contributed by atoms with Gasteiger partial charge in [0.2, 0.25) is 0 Å². The van der Waals surface area contributed by atoms with Crippen LogP contribution in [0.5, 0.6) is 0 Å². The number of carbonyl (C=O) groups is 1. The Morgan fingerprint density at radius 3 is 3.05 bits per heavy atom. The van der Waals surface area contributed by atoms with Gasteiger partial charge in [0.05, 0.1) is 17.2 Å². The zero-order valence-corrected chi connectivity index (χ0v) is 13.2. The highest BCUT2D eigenvalue weighted by atomic mass is 32.1. The molecule has 0 N–H and O–H groups in total. The quantitative estimate of drug-likeness (QED) is 0.853. The molecule has 21 heavy (non-hydrogen) atoms. The van der Waals surface area contributed by atoms with Crippen molar-refractivity contribution in [1.29, 1.82) is 0 Å². The Balaban J connectivity index is 1.84. The Kier molecular flexibility index (Phi) is 4.34. The molecule has 0 aliphatic carbocycles. The van der Waals surface area contributed by atoms with Crippen LogP contribution in [0.3, 0.4) is 0 Å². The Morgan fingerprint density at radius 2 is 2.19 bits per heavy atom. The van der Waals surface area contributed by atoms with Gasteiger partial charge in [-0.15, -0.1) is 11.3 Å². The average molecular weight is 300 g/mol. The van der Waals surface area contributed by atoms with Gasteiger partial charge >= 0.3 is 0 Å². The number of benzene rings is 1. The van der Waals surface area contributed by atoms with E-state index in [1.54, 1.807) is 11.3 Å². The Morgan fingerprint density at radius 1 is 1.33 bits per heavy atom. The van der Waals surface area contributed by atoms with Crippen molar-refractivity contribution < 1.29 is 4.79 Å². The first kappa shape index (κ1) is 14.3. The summed E-state index contributed by atoms with van der Waals surface area (Å²) < 4.78 is 0. The van der Waals surface area contributed by atoms with Crippen LogP contribution < -0.4 is 4.90 Å². The maximum absolute atomic E-state index is 12.2. The second-order valence-corrected chi connectivity index (χ2v) is 6.39. The predicted octanol–water partition coefficient (Wildman–Crippen LogP) is 4.08. The molecule has 1 aliphatic heterocycles. The summed E-state index contributed by atoms with van der Waals surface area (Å²) in [6.45, 7) is 3.89. The second kappa shape index (κ2) is 6.39. The molecule has 3 nitrogen and oxygen atoms in total. The number of hydrogen-bond acceptors (Lipinski definition) is 4. The number of ketones is 1. The van der Waals surface area contributed by atoms with Crippen molar-refractivity contribution in [3.8, 4) is 0 Å². The topological polar surface area (TPSA) is 33.2 Å². The second-order valence-electron chi connectivity index (χ2n) is 5.45. The number of rotatable bonds is 4. The van der Waals surface area contributed by atoms with Crippen LogP contribution in [0, 0.1) is 0 Å². The molecule has 0 bridgehead atoms. The molecule has 0 radical (unpaired) electrons. The number of nitrogens with zero attached hydrogens (tertiary/aromatic N) is 2. The normalized spacial score (nSPS) is 14.9. The minimum atomic E-state index is 0.262. The lowest BCUT2D eigenvalue weighted by Gasteiger charge is -2.23. The van der Waals surface area contributed by atoms with Crippen molar-refractivity contribution in [2.45, 2.75) is 39.2 Å². The molecule has 2 heterocycles. The van der Waals surface area contributed by atoms with Crippen molar-refractivity contribution in [3.63, 3.8) is 0 Å². The largest absolute Gasteiger partial charge is 0.365 e. The molecule has 0 saturated heterocycles. The summed E-state index contributed by atoms with van der Waals surface area (Å²) in [7, 11) is 0. The van der Waals surface area contributed by atoms with Crippen molar-refractivity contribution in [1.82, 2.24) is 4.98 Å². The summed E-state index contributed by atoms with van der Waals surface area (Å²) in [5, 5.41) is 3.37. The number of para-hydroxylation sites is 1. The SMILES string of the molecule is CCCc1nc(CN2CCCC(=O)c3ccccc32)cs1. The number of anilines is 1. The summed E-state index contributed by atoms with van der Waals surface area (Å²) in [6.07, 6.45) is 3.75. The van der Waals surface area contributed by atoms with Gasteiger partial charge < -0.3 is 4.90 Å². The standard InChI is InChI=1S/C17H20N2OS/c1-2-6-17-18-13(12-21-17)11-19-10-5-9-16(20)14-7-3-4-8-15(14)19/h3-4,7-8,12H,2,5-6,9-11H2,1H3. The van der Waals surface area contributed by atoms with E-state index in [1.165, 1.54) is 5.01 Å². The molecule has 0 amide bonds. The third-order valence-electron chi connectivity index (χ3n) is 3.79. The molecule has 110 valence electrons. The first-order valence-corrected chi connectivity index (χ1v) is 8.46.